The lowest BCUT2D eigenvalue weighted by atomic mass is 10.1. The van der Waals surface area contributed by atoms with Crippen molar-refractivity contribution in [2.24, 2.45) is 0 Å². The van der Waals surface area contributed by atoms with Crippen LogP contribution in [-0.4, -0.2) is 49.2 Å². The third-order valence-electron chi connectivity index (χ3n) is 14.4. The van der Waals surface area contributed by atoms with E-state index in [4.69, 9.17) is 40.1 Å². The molecular formula is C68H42N10S. The van der Waals surface area contributed by atoms with E-state index in [1.807, 2.05) is 121 Å². The van der Waals surface area contributed by atoms with Gasteiger partial charge in [-0.3, -0.25) is 0 Å². The molecule has 0 aliphatic heterocycles. The van der Waals surface area contributed by atoms with Gasteiger partial charge in [0.2, 0.25) is 0 Å². The topological polar surface area (TPSA) is 113 Å². The van der Waals surface area contributed by atoms with Crippen molar-refractivity contribution in [2.75, 3.05) is 0 Å². The van der Waals surface area contributed by atoms with Gasteiger partial charge in [-0.05, 0) is 48.5 Å². The number of para-hydroxylation sites is 3. The second-order valence-corrected chi connectivity index (χ2v) is 20.2. The molecule has 0 amide bonds. The van der Waals surface area contributed by atoms with E-state index < -0.39 is 0 Å². The Morgan fingerprint density at radius 3 is 1.14 bits per heavy atom. The predicted octanol–water partition coefficient (Wildman–Crippen LogP) is 16.4. The van der Waals surface area contributed by atoms with Crippen LogP contribution in [0.3, 0.4) is 0 Å². The molecular weight excluding hydrogens is 989 g/mol. The van der Waals surface area contributed by atoms with E-state index in [1.54, 1.807) is 11.3 Å². The minimum Gasteiger partial charge on any atom is -0.309 e. The first-order chi connectivity index (χ1) is 39.2. The van der Waals surface area contributed by atoms with Crippen LogP contribution in [0.2, 0.25) is 0 Å². The molecule has 0 fully saturated rings. The van der Waals surface area contributed by atoms with E-state index in [2.05, 4.69) is 143 Å². The van der Waals surface area contributed by atoms with E-state index in [1.165, 1.54) is 0 Å². The van der Waals surface area contributed by atoms with Crippen LogP contribution in [0.25, 0.3) is 144 Å². The van der Waals surface area contributed by atoms with Crippen LogP contribution in [0.5, 0.6) is 0 Å². The van der Waals surface area contributed by atoms with Gasteiger partial charge in [0.05, 0.1) is 22.1 Å². The highest BCUT2D eigenvalue weighted by molar-refractivity contribution is 7.18. The lowest BCUT2D eigenvalue weighted by Crippen LogP contribution is -2.01. The SMILES string of the molecule is c1ccc(-c2nc(-c3ccccc3)nc(-c3cccc(-n4c5ccccc5c5c(-c6nnc(-c7cccc8c9ccccc9n(-c9cccc(-c%10nc(-c%11ccccc%11)nc(-c%11ccccc%11)n%10)c9)c78)s6)cccc54)c3)n2)cc1. The van der Waals surface area contributed by atoms with E-state index >= 15 is 0 Å². The second-order valence-electron chi connectivity index (χ2n) is 19.2. The third-order valence-corrected chi connectivity index (χ3v) is 15.4. The zero-order valence-electron chi connectivity index (χ0n) is 42.1. The van der Waals surface area contributed by atoms with Crippen LogP contribution in [0.1, 0.15) is 0 Å². The van der Waals surface area contributed by atoms with E-state index in [9.17, 15) is 0 Å². The fourth-order valence-corrected chi connectivity index (χ4v) is 11.7. The summed E-state index contributed by atoms with van der Waals surface area (Å²) in [6, 6.07) is 87.3. The van der Waals surface area contributed by atoms with E-state index in [-0.39, 0.29) is 0 Å². The first-order valence-corrected chi connectivity index (χ1v) is 26.8. The van der Waals surface area contributed by atoms with Crippen molar-refractivity contribution in [1.29, 1.82) is 0 Å². The normalized spacial score (nSPS) is 11.5. The van der Waals surface area contributed by atoms with Gasteiger partial charge in [0, 0.05) is 77.4 Å². The second kappa shape index (κ2) is 19.2. The molecule has 0 bridgehead atoms. The Morgan fingerprint density at radius 1 is 0.266 bits per heavy atom. The van der Waals surface area contributed by atoms with Crippen LogP contribution < -0.4 is 0 Å². The highest BCUT2D eigenvalue weighted by Gasteiger charge is 2.23. The summed E-state index contributed by atoms with van der Waals surface area (Å²) in [5.74, 6) is 3.64. The quantitative estimate of drug-likeness (QED) is 0.133. The van der Waals surface area contributed by atoms with Crippen molar-refractivity contribution in [2.45, 2.75) is 0 Å². The molecule has 10 nitrogen and oxygen atoms in total. The van der Waals surface area contributed by atoms with Gasteiger partial charge >= 0.3 is 0 Å². The van der Waals surface area contributed by atoms with Crippen molar-refractivity contribution in [3.63, 3.8) is 0 Å². The lowest BCUT2D eigenvalue weighted by Gasteiger charge is -2.12. The van der Waals surface area contributed by atoms with Crippen LogP contribution in [0, 0.1) is 0 Å². The van der Waals surface area contributed by atoms with Crippen LogP contribution in [0.4, 0.5) is 0 Å². The molecule has 0 saturated heterocycles. The highest BCUT2D eigenvalue weighted by Crippen LogP contribution is 2.44. The Labute approximate surface area is 457 Å². The molecule has 0 aliphatic carbocycles. The molecule has 0 N–H and O–H groups in total. The molecule has 79 heavy (non-hydrogen) atoms. The summed E-state index contributed by atoms with van der Waals surface area (Å²) in [7, 11) is 0. The maximum Gasteiger partial charge on any atom is 0.164 e. The standard InChI is InChI=1S/C68H42N10S/c1-5-21-43(22-6-1)61-69-62(44-23-7-2-8-24-44)72-65(71-61)47-29-17-31-49(41-47)77-57-39-16-14-34-53(57)59-54(36-20-40-58(59)77)67-75-76-68(79-67)55-37-19-35-52-51-33-13-15-38-56(51)78(60(52)55)50-32-18-30-48(42-50)66-73-63(45-25-9-3-10-26-45)70-64(74-66)46-27-11-4-12-28-46/h1-42H. The third kappa shape index (κ3) is 8.12. The fourth-order valence-electron chi connectivity index (χ4n) is 10.8. The molecule has 0 unspecified atom stereocenters. The summed E-state index contributed by atoms with van der Waals surface area (Å²) in [6.45, 7) is 0. The number of hydrogen-bond acceptors (Lipinski definition) is 9. The monoisotopic (exact) mass is 1030 g/mol. The number of nitrogens with zero attached hydrogens (tertiary/aromatic N) is 10. The summed E-state index contributed by atoms with van der Waals surface area (Å²) in [4.78, 5) is 30.2. The minimum absolute atomic E-state index is 0.588. The molecule has 0 spiro atoms. The number of benzene rings is 10. The Kier molecular flexibility index (Phi) is 11.1. The molecule has 0 atom stereocenters. The van der Waals surface area contributed by atoms with Gasteiger partial charge in [0.15, 0.2) is 34.9 Å². The van der Waals surface area contributed by atoms with E-state index in [0.29, 0.717) is 34.9 Å². The highest BCUT2D eigenvalue weighted by atomic mass is 32.1. The Hall–Kier alpha value is -10.6. The van der Waals surface area contributed by atoms with Gasteiger partial charge in [0.25, 0.3) is 0 Å². The van der Waals surface area contributed by atoms with Crippen molar-refractivity contribution >= 4 is 54.9 Å². The van der Waals surface area contributed by atoms with Gasteiger partial charge in [-0.1, -0.05) is 218 Å². The molecule has 5 aromatic heterocycles. The van der Waals surface area contributed by atoms with Crippen LogP contribution in [0.15, 0.2) is 255 Å². The summed E-state index contributed by atoms with van der Waals surface area (Å²) < 4.78 is 4.67. The molecule has 15 aromatic rings. The predicted molar refractivity (Wildman–Crippen MR) is 319 cm³/mol. The minimum atomic E-state index is 0.588. The van der Waals surface area contributed by atoms with Gasteiger partial charge in [0.1, 0.15) is 10.0 Å². The molecule has 15 rings (SSSR count). The zero-order valence-corrected chi connectivity index (χ0v) is 42.9. The van der Waals surface area contributed by atoms with Crippen LogP contribution >= 0.6 is 11.3 Å². The smallest absolute Gasteiger partial charge is 0.164 e. The summed E-state index contributed by atoms with van der Waals surface area (Å²) in [5, 5.41) is 16.1. The molecule has 370 valence electrons. The van der Waals surface area contributed by atoms with Gasteiger partial charge in [-0.15, -0.1) is 10.2 Å². The first-order valence-electron chi connectivity index (χ1n) is 26.0. The molecule has 0 aliphatic rings. The van der Waals surface area contributed by atoms with Crippen molar-refractivity contribution in [3.05, 3.63) is 255 Å². The maximum absolute atomic E-state index is 5.09. The van der Waals surface area contributed by atoms with Gasteiger partial charge < -0.3 is 9.13 Å². The molecule has 10 aromatic carbocycles. The van der Waals surface area contributed by atoms with Crippen molar-refractivity contribution < 1.29 is 0 Å². The molecule has 0 radical (unpaired) electrons. The van der Waals surface area contributed by atoms with Gasteiger partial charge in [-0.2, -0.15) is 0 Å². The summed E-state index contributed by atoms with van der Waals surface area (Å²) >= 11 is 1.60. The Balaban J connectivity index is 0.846. The van der Waals surface area contributed by atoms with Crippen molar-refractivity contribution in [3.8, 4) is 101 Å². The Morgan fingerprint density at radius 2 is 0.620 bits per heavy atom. The average molecular weight is 1030 g/mol. The lowest BCUT2D eigenvalue weighted by molar-refractivity contribution is 1.07. The Bertz CT molecular complexity index is 4670. The van der Waals surface area contributed by atoms with Crippen molar-refractivity contribution in [1.82, 2.24) is 49.2 Å². The van der Waals surface area contributed by atoms with E-state index in [0.717, 1.165) is 110 Å². The molecule has 0 saturated carbocycles. The number of fused-ring (bicyclic) bond motifs is 6. The first kappa shape index (κ1) is 45.7. The largest absolute Gasteiger partial charge is 0.309 e. The van der Waals surface area contributed by atoms with Gasteiger partial charge in [-0.25, -0.2) is 29.9 Å². The fraction of sp³-hybridized carbons (Fsp3) is 0. The molecule has 5 heterocycles. The number of rotatable bonds is 10. The molecule has 11 heteroatoms. The number of aromatic nitrogens is 10. The summed E-state index contributed by atoms with van der Waals surface area (Å²) in [5.41, 5.74) is 13.6. The maximum atomic E-state index is 5.09. The number of hydrogen-bond donors (Lipinski definition) is 0. The zero-order chi connectivity index (χ0) is 52.2. The summed E-state index contributed by atoms with van der Waals surface area (Å²) in [6.07, 6.45) is 0. The average Bonchev–Trinajstić information content (AvgIpc) is 4.42. The van der Waals surface area contributed by atoms with Crippen LogP contribution in [-0.2, 0) is 0 Å².